The largest absolute Gasteiger partial charge is 0.471 e. The third kappa shape index (κ3) is 7.96. The SMILES string of the molecule is CCN(CC)c1ncc(N(C(=O)C(F)(F)F)C(C)C)c(NC(C)Cc2ccc(OC(=O)N(C)C)cc2)n1. The molecule has 0 radical (unpaired) electrons. The van der Waals surface area contributed by atoms with Gasteiger partial charge in [0.05, 0.1) is 6.20 Å². The average molecular weight is 525 g/mol. The highest BCUT2D eigenvalue weighted by Gasteiger charge is 2.45. The molecule has 1 N–H and O–H groups in total. The van der Waals surface area contributed by atoms with Crippen LogP contribution in [0.4, 0.5) is 35.4 Å². The molecule has 0 aliphatic heterocycles. The summed E-state index contributed by atoms with van der Waals surface area (Å²) in [5.41, 5.74) is 0.849. The molecule has 1 aromatic heterocycles. The predicted molar refractivity (Wildman–Crippen MR) is 137 cm³/mol. The summed E-state index contributed by atoms with van der Waals surface area (Å²) in [5.74, 6) is -1.12. The van der Waals surface area contributed by atoms with E-state index < -0.39 is 24.2 Å². The van der Waals surface area contributed by atoms with Gasteiger partial charge in [0, 0.05) is 39.3 Å². The zero-order valence-corrected chi connectivity index (χ0v) is 22.3. The first-order valence-electron chi connectivity index (χ1n) is 12.0. The van der Waals surface area contributed by atoms with Crippen molar-refractivity contribution < 1.29 is 27.5 Å². The molecule has 0 spiro atoms. The lowest BCUT2D eigenvalue weighted by atomic mass is 10.1. The van der Waals surface area contributed by atoms with E-state index in [1.165, 1.54) is 24.9 Å². The zero-order valence-electron chi connectivity index (χ0n) is 22.3. The van der Waals surface area contributed by atoms with Crippen LogP contribution < -0.4 is 19.9 Å². The van der Waals surface area contributed by atoms with Crippen LogP contribution >= 0.6 is 0 Å². The van der Waals surface area contributed by atoms with Crippen molar-refractivity contribution in [3.8, 4) is 5.75 Å². The number of hydrogen-bond acceptors (Lipinski definition) is 7. The molecule has 2 aromatic rings. The van der Waals surface area contributed by atoms with Crippen molar-refractivity contribution in [3.63, 3.8) is 0 Å². The van der Waals surface area contributed by atoms with Gasteiger partial charge in [-0.15, -0.1) is 0 Å². The number of alkyl halides is 3. The molecular weight excluding hydrogens is 489 g/mol. The minimum Gasteiger partial charge on any atom is -0.410 e. The molecule has 204 valence electrons. The third-order valence-corrected chi connectivity index (χ3v) is 5.46. The second-order valence-electron chi connectivity index (χ2n) is 9.00. The second-order valence-corrected chi connectivity index (χ2v) is 9.00. The number of halogens is 3. The Morgan fingerprint density at radius 2 is 1.65 bits per heavy atom. The lowest BCUT2D eigenvalue weighted by Crippen LogP contribution is -2.46. The Bertz CT molecular complexity index is 1060. The lowest BCUT2D eigenvalue weighted by Gasteiger charge is -2.30. The van der Waals surface area contributed by atoms with Crippen LogP contribution in [-0.2, 0) is 11.2 Å². The van der Waals surface area contributed by atoms with Crippen molar-refractivity contribution in [2.45, 2.75) is 59.3 Å². The normalized spacial score (nSPS) is 12.2. The monoisotopic (exact) mass is 524 g/mol. The molecule has 0 bridgehead atoms. The second kappa shape index (κ2) is 12.6. The van der Waals surface area contributed by atoms with Crippen LogP contribution in [0.25, 0.3) is 0 Å². The van der Waals surface area contributed by atoms with Gasteiger partial charge in [-0.2, -0.15) is 18.2 Å². The number of rotatable bonds is 10. The molecule has 1 aromatic carbocycles. The molecule has 37 heavy (non-hydrogen) atoms. The lowest BCUT2D eigenvalue weighted by molar-refractivity contribution is -0.170. The van der Waals surface area contributed by atoms with Crippen molar-refractivity contribution in [2.24, 2.45) is 0 Å². The molecule has 2 rings (SSSR count). The summed E-state index contributed by atoms with van der Waals surface area (Å²) in [6, 6.07) is 5.87. The van der Waals surface area contributed by atoms with E-state index in [0.717, 1.165) is 5.56 Å². The van der Waals surface area contributed by atoms with Gasteiger partial charge in [0.1, 0.15) is 11.4 Å². The molecule has 1 heterocycles. The van der Waals surface area contributed by atoms with Crippen LogP contribution in [0.15, 0.2) is 30.5 Å². The van der Waals surface area contributed by atoms with Gasteiger partial charge in [-0.25, -0.2) is 9.78 Å². The molecule has 12 heteroatoms. The van der Waals surface area contributed by atoms with Gasteiger partial charge >= 0.3 is 18.2 Å². The number of nitrogens with one attached hydrogen (secondary N) is 1. The van der Waals surface area contributed by atoms with Gasteiger partial charge in [0.25, 0.3) is 0 Å². The van der Waals surface area contributed by atoms with Gasteiger partial charge in [0.15, 0.2) is 5.82 Å². The Morgan fingerprint density at radius 1 is 1.05 bits per heavy atom. The number of benzene rings is 1. The highest BCUT2D eigenvalue weighted by molar-refractivity contribution is 6.00. The summed E-state index contributed by atoms with van der Waals surface area (Å²) < 4.78 is 45.4. The molecule has 0 fully saturated rings. The summed E-state index contributed by atoms with van der Waals surface area (Å²) in [4.78, 5) is 36.6. The van der Waals surface area contributed by atoms with E-state index in [-0.39, 0.29) is 17.5 Å². The Hall–Kier alpha value is -3.57. The van der Waals surface area contributed by atoms with Crippen molar-refractivity contribution in [2.75, 3.05) is 42.3 Å². The maximum Gasteiger partial charge on any atom is 0.471 e. The molecule has 2 amide bonds. The van der Waals surface area contributed by atoms with Gasteiger partial charge < -0.3 is 19.9 Å². The molecule has 0 aliphatic rings. The average Bonchev–Trinajstić information content (AvgIpc) is 2.81. The van der Waals surface area contributed by atoms with Gasteiger partial charge in [-0.1, -0.05) is 12.1 Å². The van der Waals surface area contributed by atoms with Crippen molar-refractivity contribution in [3.05, 3.63) is 36.0 Å². The van der Waals surface area contributed by atoms with Crippen LogP contribution in [0.5, 0.6) is 5.75 Å². The van der Waals surface area contributed by atoms with Crippen LogP contribution in [-0.4, -0.2) is 72.3 Å². The highest BCUT2D eigenvalue weighted by Crippen LogP contribution is 2.32. The first kappa shape index (κ1) is 29.7. The molecular formula is C25H35F3N6O3. The fraction of sp³-hybridized carbons (Fsp3) is 0.520. The molecule has 0 saturated carbocycles. The van der Waals surface area contributed by atoms with E-state index in [1.54, 1.807) is 38.4 Å². The number of ether oxygens (including phenoxy) is 1. The summed E-state index contributed by atoms with van der Waals surface area (Å²) in [5, 5.41) is 3.17. The van der Waals surface area contributed by atoms with E-state index in [1.807, 2.05) is 25.7 Å². The minimum atomic E-state index is -5.05. The quantitative estimate of drug-likeness (QED) is 0.481. The Morgan fingerprint density at radius 3 is 2.14 bits per heavy atom. The molecule has 0 saturated heterocycles. The Labute approximate surface area is 215 Å². The van der Waals surface area contributed by atoms with Crippen molar-refractivity contribution >= 4 is 29.5 Å². The van der Waals surface area contributed by atoms with E-state index in [4.69, 9.17) is 4.74 Å². The maximum atomic E-state index is 13.4. The van der Waals surface area contributed by atoms with E-state index in [2.05, 4.69) is 15.3 Å². The minimum absolute atomic E-state index is 0.0500. The highest BCUT2D eigenvalue weighted by atomic mass is 19.4. The molecule has 0 aliphatic carbocycles. The molecule has 1 atom stereocenters. The smallest absolute Gasteiger partial charge is 0.410 e. The van der Waals surface area contributed by atoms with E-state index in [0.29, 0.717) is 36.1 Å². The van der Waals surface area contributed by atoms with Crippen LogP contribution in [0.2, 0.25) is 0 Å². The number of carbonyl (C=O) groups is 2. The molecule has 9 nitrogen and oxygen atoms in total. The number of amides is 2. The Kier molecular flexibility index (Phi) is 10.1. The zero-order chi connectivity index (χ0) is 27.9. The maximum absolute atomic E-state index is 13.4. The third-order valence-electron chi connectivity index (χ3n) is 5.46. The number of aromatic nitrogens is 2. The van der Waals surface area contributed by atoms with Crippen LogP contribution in [0.3, 0.4) is 0 Å². The van der Waals surface area contributed by atoms with Crippen molar-refractivity contribution in [1.82, 2.24) is 14.9 Å². The fourth-order valence-electron chi connectivity index (χ4n) is 3.59. The number of nitrogens with zero attached hydrogens (tertiary/aromatic N) is 5. The fourth-order valence-corrected chi connectivity index (χ4v) is 3.59. The topological polar surface area (TPSA) is 90.9 Å². The summed E-state index contributed by atoms with van der Waals surface area (Å²) in [7, 11) is 3.17. The standard InChI is InChI=1S/C25H35F3N6O3/c1-8-33(9-2)23-29-15-20(34(16(3)4)22(35)25(26,27)28)21(31-23)30-17(5)14-18-10-12-19(13-11-18)37-24(36)32(6)7/h10-13,15-17H,8-9,14H2,1-7H3,(H,29,30,31). The number of carbonyl (C=O) groups excluding carboxylic acids is 2. The summed E-state index contributed by atoms with van der Waals surface area (Å²) >= 11 is 0. The van der Waals surface area contributed by atoms with E-state index in [9.17, 15) is 22.8 Å². The van der Waals surface area contributed by atoms with E-state index >= 15 is 0 Å². The van der Waals surface area contributed by atoms with Gasteiger partial charge in [-0.05, 0) is 58.7 Å². The van der Waals surface area contributed by atoms with Gasteiger partial charge in [-0.3, -0.25) is 9.69 Å². The predicted octanol–water partition coefficient (Wildman–Crippen LogP) is 4.73. The summed E-state index contributed by atoms with van der Waals surface area (Å²) in [6.45, 7) is 9.90. The van der Waals surface area contributed by atoms with Crippen LogP contribution in [0, 0.1) is 0 Å². The number of hydrogen-bond donors (Lipinski definition) is 1. The summed E-state index contributed by atoms with van der Waals surface area (Å²) in [6.07, 6.45) is -3.80. The van der Waals surface area contributed by atoms with Crippen LogP contribution in [0.1, 0.15) is 40.2 Å². The molecule has 1 unspecified atom stereocenters. The van der Waals surface area contributed by atoms with Gasteiger partial charge in [0.2, 0.25) is 5.95 Å². The number of anilines is 3. The first-order valence-corrected chi connectivity index (χ1v) is 12.0. The Balaban J connectivity index is 2.35. The van der Waals surface area contributed by atoms with Crippen molar-refractivity contribution in [1.29, 1.82) is 0 Å². The first-order chi connectivity index (χ1) is 17.3.